The molecule has 0 heterocycles. The number of hydrogen-bond donors (Lipinski definition) is 2. The van der Waals surface area contributed by atoms with Crippen molar-refractivity contribution in [3.63, 3.8) is 0 Å². The summed E-state index contributed by atoms with van der Waals surface area (Å²) < 4.78 is 0. The predicted molar refractivity (Wildman–Crippen MR) is 70.3 cm³/mol. The number of benzene rings is 1. The van der Waals surface area contributed by atoms with Crippen LogP contribution in [0.5, 0.6) is 0 Å². The van der Waals surface area contributed by atoms with Gasteiger partial charge < -0.3 is 10.7 Å². The highest BCUT2D eigenvalue weighted by atomic mass is 32.2. The molecule has 0 bridgehead atoms. The molecule has 0 radical (unpaired) electrons. The number of carbonyl (C=O) groups is 1. The summed E-state index contributed by atoms with van der Waals surface area (Å²) in [7, 11) is 0. The van der Waals surface area contributed by atoms with E-state index in [0.29, 0.717) is 6.42 Å². The Morgan fingerprint density at radius 1 is 1.39 bits per heavy atom. The third-order valence-corrected chi connectivity index (χ3v) is 3.30. The Morgan fingerprint density at radius 3 is 2.72 bits per heavy atom. The topological polar surface area (TPSA) is 103 Å². The average Bonchev–Trinajstić information content (AvgIpc) is 2.42. The minimum absolute atomic E-state index is 0.494. The summed E-state index contributed by atoms with van der Waals surface area (Å²) >= 11 is 1.70. The van der Waals surface area contributed by atoms with Crippen LogP contribution in [0.25, 0.3) is 0 Å². The molecule has 0 amide bonds. The van der Waals surface area contributed by atoms with Gasteiger partial charge in [-0.05, 0) is 17.7 Å². The van der Waals surface area contributed by atoms with Crippen LogP contribution in [0, 0.1) is 0 Å². The van der Waals surface area contributed by atoms with Gasteiger partial charge in [0.1, 0.15) is 0 Å². The highest BCUT2D eigenvalue weighted by molar-refractivity contribution is 7.98. The van der Waals surface area contributed by atoms with E-state index in [1.54, 1.807) is 11.8 Å². The summed E-state index contributed by atoms with van der Waals surface area (Å²) in [5, 5.41) is 6.68. The van der Waals surface area contributed by atoms with Crippen molar-refractivity contribution in [1.29, 1.82) is 0 Å². The Bertz CT molecular complexity index is 386. The van der Waals surface area contributed by atoms with Crippen molar-refractivity contribution < 1.29 is 9.63 Å². The first-order chi connectivity index (χ1) is 8.77. The van der Waals surface area contributed by atoms with E-state index < -0.39 is 12.0 Å². The van der Waals surface area contributed by atoms with Gasteiger partial charge in [0, 0.05) is 5.75 Å². The highest BCUT2D eigenvalue weighted by Crippen LogP contribution is 2.14. The summed E-state index contributed by atoms with van der Waals surface area (Å²) in [4.78, 5) is 15.3. The molecule has 18 heavy (non-hydrogen) atoms. The first-order valence-corrected chi connectivity index (χ1v) is 6.55. The van der Waals surface area contributed by atoms with Crippen LogP contribution in [0.2, 0.25) is 0 Å². The maximum atomic E-state index is 11.2. The molecule has 7 heteroatoms. The Kier molecular flexibility index (Phi) is 6.82. The third-order valence-electron chi connectivity index (χ3n) is 2.24. The van der Waals surface area contributed by atoms with E-state index in [1.807, 2.05) is 18.2 Å². The van der Waals surface area contributed by atoms with Crippen LogP contribution in [-0.4, -0.2) is 17.8 Å². The molecular weight excluding hydrogens is 252 g/mol. The Hall–Kier alpha value is -1.60. The average molecular weight is 268 g/mol. The molecule has 1 aromatic rings. The quantitative estimate of drug-likeness (QED) is 0.337. The van der Waals surface area contributed by atoms with Crippen molar-refractivity contribution in [3.05, 3.63) is 35.9 Å². The van der Waals surface area contributed by atoms with Crippen molar-refractivity contribution in [3.8, 4) is 0 Å². The number of nitrogens with zero attached hydrogens (tertiary/aromatic N) is 2. The number of thioether (sulfide) groups is 1. The molecule has 1 rings (SSSR count). The van der Waals surface area contributed by atoms with Crippen LogP contribution < -0.4 is 11.7 Å². The summed E-state index contributed by atoms with van der Waals surface area (Å²) in [6.07, 6.45) is 0.494. The lowest BCUT2D eigenvalue weighted by Gasteiger charge is -2.07. The maximum absolute atomic E-state index is 11.2. The molecule has 1 atom stereocenters. The molecule has 0 aromatic heterocycles. The van der Waals surface area contributed by atoms with Crippen molar-refractivity contribution in [2.45, 2.75) is 18.2 Å². The van der Waals surface area contributed by atoms with Crippen molar-refractivity contribution in [2.75, 3.05) is 5.75 Å². The van der Waals surface area contributed by atoms with Crippen LogP contribution in [0.3, 0.4) is 0 Å². The molecule has 0 fully saturated rings. The first kappa shape index (κ1) is 14.5. The van der Waals surface area contributed by atoms with E-state index in [2.05, 4.69) is 27.3 Å². The van der Waals surface area contributed by atoms with E-state index in [-0.39, 0.29) is 0 Å². The van der Waals surface area contributed by atoms with E-state index >= 15 is 0 Å². The molecular formula is C11H16N4O2S. The lowest BCUT2D eigenvalue weighted by molar-refractivity contribution is -0.145. The van der Waals surface area contributed by atoms with Crippen LogP contribution in [0.15, 0.2) is 40.7 Å². The fourth-order valence-corrected chi connectivity index (χ4v) is 2.30. The molecule has 0 aliphatic heterocycles. The second-order valence-electron chi connectivity index (χ2n) is 3.51. The summed E-state index contributed by atoms with van der Waals surface area (Å²) in [6, 6.07) is 9.35. The van der Waals surface area contributed by atoms with Gasteiger partial charge in [0.15, 0.2) is 6.04 Å². The van der Waals surface area contributed by atoms with Gasteiger partial charge in [-0.1, -0.05) is 35.6 Å². The summed E-state index contributed by atoms with van der Waals surface area (Å²) in [5.74, 6) is 10.7. The zero-order chi connectivity index (χ0) is 13.2. The number of nitrogens with two attached hydrogens (primary N) is 2. The van der Waals surface area contributed by atoms with Gasteiger partial charge >= 0.3 is 5.97 Å². The molecule has 0 unspecified atom stereocenters. The van der Waals surface area contributed by atoms with Crippen LogP contribution >= 0.6 is 11.8 Å². The second kappa shape index (κ2) is 8.48. The normalized spacial score (nSPS) is 12.5. The van der Waals surface area contributed by atoms with Gasteiger partial charge in [-0.3, -0.25) is 0 Å². The molecule has 0 aliphatic carbocycles. The molecule has 6 nitrogen and oxygen atoms in total. The van der Waals surface area contributed by atoms with E-state index in [9.17, 15) is 4.79 Å². The van der Waals surface area contributed by atoms with Gasteiger partial charge in [0.05, 0.1) is 0 Å². The Morgan fingerprint density at radius 2 is 2.11 bits per heavy atom. The zero-order valence-corrected chi connectivity index (χ0v) is 10.7. The molecule has 0 aliphatic rings. The standard InChI is InChI=1S/C11H16N4O2S/c12-15-14-10(11(16)17-13)6-7-18-8-9-4-2-1-3-5-9/h1-5,10H,6-8,13H2,(H2,12,14)/t10-/m0/s1. The van der Waals surface area contributed by atoms with Crippen molar-refractivity contribution >= 4 is 17.7 Å². The van der Waals surface area contributed by atoms with E-state index in [0.717, 1.165) is 11.5 Å². The fourth-order valence-electron chi connectivity index (χ4n) is 1.34. The molecule has 0 saturated heterocycles. The minimum atomic E-state index is -0.719. The van der Waals surface area contributed by atoms with Crippen molar-refractivity contribution in [2.24, 2.45) is 22.1 Å². The summed E-state index contributed by atoms with van der Waals surface area (Å²) in [6.45, 7) is 0. The van der Waals surface area contributed by atoms with Crippen LogP contribution in [0.1, 0.15) is 12.0 Å². The Balaban J connectivity index is 2.29. The van der Waals surface area contributed by atoms with Gasteiger partial charge in [-0.25, -0.2) is 4.79 Å². The van der Waals surface area contributed by atoms with Gasteiger partial charge in [-0.2, -0.15) is 22.8 Å². The van der Waals surface area contributed by atoms with E-state index in [1.165, 1.54) is 5.56 Å². The second-order valence-corrected chi connectivity index (χ2v) is 4.62. The number of hydrogen-bond acceptors (Lipinski definition) is 6. The highest BCUT2D eigenvalue weighted by Gasteiger charge is 2.18. The maximum Gasteiger partial charge on any atom is 0.351 e. The van der Waals surface area contributed by atoms with Crippen LogP contribution in [-0.2, 0) is 15.4 Å². The summed E-state index contributed by atoms with van der Waals surface area (Å²) in [5.41, 5.74) is 1.24. The lowest BCUT2D eigenvalue weighted by atomic mass is 10.2. The van der Waals surface area contributed by atoms with Crippen LogP contribution in [0.4, 0.5) is 0 Å². The molecule has 4 N–H and O–H groups in total. The third kappa shape index (κ3) is 5.15. The van der Waals surface area contributed by atoms with Crippen molar-refractivity contribution in [1.82, 2.24) is 0 Å². The number of rotatable bonds is 7. The van der Waals surface area contributed by atoms with Gasteiger partial charge in [0.2, 0.25) is 0 Å². The smallest absolute Gasteiger partial charge is 0.351 e. The largest absolute Gasteiger partial charge is 0.372 e. The molecule has 0 saturated carbocycles. The predicted octanol–water partition coefficient (Wildman–Crippen LogP) is 1.42. The molecule has 98 valence electrons. The SMILES string of the molecule is NN=N[C@@H](CCSCc1ccccc1)C(=O)ON. The van der Waals surface area contributed by atoms with Gasteiger partial charge in [0.25, 0.3) is 0 Å². The molecule has 1 aromatic carbocycles. The first-order valence-electron chi connectivity index (χ1n) is 5.40. The lowest BCUT2D eigenvalue weighted by Crippen LogP contribution is -2.25. The fraction of sp³-hybridized carbons (Fsp3) is 0.364. The monoisotopic (exact) mass is 268 g/mol. The Labute approximate surface area is 110 Å². The number of carbonyl (C=O) groups excluding carboxylic acids is 1. The molecule has 0 spiro atoms. The minimum Gasteiger partial charge on any atom is -0.372 e. The van der Waals surface area contributed by atoms with E-state index in [4.69, 9.17) is 11.7 Å². The zero-order valence-electron chi connectivity index (χ0n) is 9.86. The van der Waals surface area contributed by atoms with Gasteiger partial charge in [-0.15, -0.1) is 0 Å².